The molecular weight excluding hydrogens is 302 g/mol. The van der Waals surface area contributed by atoms with Gasteiger partial charge in [-0.05, 0) is 24.6 Å². The molecule has 1 atom stereocenters. The Morgan fingerprint density at radius 1 is 1.36 bits per heavy atom. The number of aromatic nitrogens is 1. The Hall–Kier alpha value is -1.86. The summed E-state index contributed by atoms with van der Waals surface area (Å²) in [5, 5.41) is 3.31. The topological polar surface area (TPSA) is 84.2 Å². The minimum atomic E-state index is -3.27. The summed E-state index contributed by atoms with van der Waals surface area (Å²) in [6, 6.07) is 7.34. The number of rotatable bonds is 7. The fourth-order valence-corrected chi connectivity index (χ4v) is 2.59. The average molecular weight is 323 g/mol. The van der Waals surface area contributed by atoms with E-state index < -0.39 is 10.0 Å². The molecular formula is C15H21N3O3S. The number of sulfonamides is 1. The lowest BCUT2D eigenvalue weighted by atomic mass is 10.1. The fourth-order valence-electron chi connectivity index (χ4n) is 2.04. The molecule has 2 rings (SSSR count). The summed E-state index contributed by atoms with van der Waals surface area (Å²) in [6.45, 7) is 4.54. The van der Waals surface area contributed by atoms with Crippen LogP contribution in [0.2, 0.25) is 0 Å². The Balaban J connectivity index is 1.99. The van der Waals surface area contributed by atoms with Gasteiger partial charge in [-0.1, -0.05) is 19.1 Å². The van der Waals surface area contributed by atoms with Crippen LogP contribution in [0.3, 0.4) is 0 Å². The highest BCUT2D eigenvalue weighted by Crippen LogP contribution is 2.18. The van der Waals surface area contributed by atoms with E-state index in [2.05, 4.69) is 15.0 Å². The number of oxazole rings is 1. The first-order chi connectivity index (χ1) is 10.4. The van der Waals surface area contributed by atoms with Gasteiger partial charge in [-0.25, -0.2) is 13.4 Å². The number of hydrogen-bond donors (Lipinski definition) is 2. The largest absolute Gasteiger partial charge is 0.444 e. The molecule has 120 valence electrons. The van der Waals surface area contributed by atoms with Gasteiger partial charge >= 0.3 is 0 Å². The van der Waals surface area contributed by atoms with Crippen molar-refractivity contribution < 1.29 is 12.8 Å². The highest BCUT2D eigenvalue weighted by molar-refractivity contribution is 7.92. The van der Waals surface area contributed by atoms with E-state index in [-0.39, 0.29) is 6.04 Å². The monoisotopic (exact) mass is 323 g/mol. The number of aryl methyl sites for hydroxylation is 1. The highest BCUT2D eigenvalue weighted by atomic mass is 32.2. The van der Waals surface area contributed by atoms with E-state index in [1.165, 1.54) is 0 Å². The summed E-state index contributed by atoms with van der Waals surface area (Å²) in [7, 11) is -3.27. The van der Waals surface area contributed by atoms with Gasteiger partial charge in [0, 0.05) is 18.2 Å². The molecule has 0 saturated heterocycles. The standard InChI is InChI=1S/C15H21N3O3S/c1-4-14-9-17-15(21-14)10-16-11(2)12-6-5-7-13(8-12)18-22(3,19)20/h5-9,11,16,18H,4,10H2,1-3H3/t11-/m0/s1. The first kappa shape index (κ1) is 16.5. The normalized spacial score (nSPS) is 13.0. The van der Waals surface area contributed by atoms with Crippen LogP contribution >= 0.6 is 0 Å². The third kappa shape index (κ3) is 4.85. The summed E-state index contributed by atoms with van der Waals surface area (Å²) in [4.78, 5) is 4.20. The molecule has 1 heterocycles. The molecule has 0 fully saturated rings. The molecule has 2 N–H and O–H groups in total. The van der Waals surface area contributed by atoms with Gasteiger partial charge in [0.05, 0.1) is 19.0 Å². The summed E-state index contributed by atoms with van der Waals surface area (Å²) < 4.78 is 30.6. The van der Waals surface area contributed by atoms with Gasteiger partial charge < -0.3 is 9.73 Å². The van der Waals surface area contributed by atoms with Crippen LogP contribution in [0, 0.1) is 0 Å². The molecule has 0 radical (unpaired) electrons. The van der Waals surface area contributed by atoms with Crippen LogP contribution in [0.25, 0.3) is 0 Å². The van der Waals surface area contributed by atoms with Crippen molar-refractivity contribution in [1.29, 1.82) is 0 Å². The first-order valence-corrected chi connectivity index (χ1v) is 9.01. The minimum absolute atomic E-state index is 0.0401. The number of nitrogens with one attached hydrogen (secondary N) is 2. The average Bonchev–Trinajstić information content (AvgIpc) is 2.91. The molecule has 0 saturated carbocycles. The Morgan fingerprint density at radius 2 is 2.14 bits per heavy atom. The summed E-state index contributed by atoms with van der Waals surface area (Å²) in [5.41, 5.74) is 1.54. The Kier molecular flexibility index (Phi) is 5.20. The van der Waals surface area contributed by atoms with E-state index in [4.69, 9.17) is 4.42 Å². The maximum absolute atomic E-state index is 11.3. The smallest absolute Gasteiger partial charge is 0.229 e. The van der Waals surface area contributed by atoms with Crippen LogP contribution in [0.15, 0.2) is 34.9 Å². The second kappa shape index (κ2) is 6.93. The second-order valence-electron chi connectivity index (χ2n) is 5.18. The molecule has 0 aliphatic rings. The van der Waals surface area contributed by atoms with Crippen LogP contribution in [0.1, 0.15) is 37.1 Å². The van der Waals surface area contributed by atoms with Gasteiger partial charge in [-0.2, -0.15) is 0 Å². The fraction of sp³-hybridized carbons (Fsp3) is 0.400. The minimum Gasteiger partial charge on any atom is -0.444 e. The van der Waals surface area contributed by atoms with Crippen molar-refractivity contribution in [1.82, 2.24) is 10.3 Å². The van der Waals surface area contributed by atoms with Crippen LogP contribution in [-0.4, -0.2) is 19.7 Å². The van der Waals surface area contributed by atoms with Crippen LogP contribution in [0.5, 0.6) is 0 Å². The molecule has 0 amide bonds. The summed E-state index contributed by atoms with van der Waals surface area (Å²) >= 11 is 0. The van der Waals surface area contributed by atoms with Gasteiger partial charge in [0.2, 0.25) is 15.9 Å². The highest BCUT2D eigenvalue weighted by Gasteiger charge is 2.09. The van der Waals surface area contributed by atoms with E-state index in [1.807, 2.05) is 32.0 Å². The lowest BCUT2D eigenvalue weighted by Gasteiger charge is -2.14. The Bertz CT molecular complexity index is 725. The third-order valence-corrected chi connectivity index (χ3v) is 3.81. The molecule has 6 nitrogen and oxygen atoms in total. The second-order valence-corrected chi connectivity index (χ2v) is 6.92. The van der Waals surface area contributed by atoms with Crippen LogP contribution in [-0.2, 0) is 23.0 Å². The zero-order valence-electron chi connectivity index (χ0n) is 13.0. The van der Waals surface area contributed by atoms with Crippen molar-refractivity contribution in [3.05, 3.63) is 47.7 Å². The zero-order valence-corrected chi connectivity index (χ0v) is 13.8. The maximum Gasteiger partial charge on any atom is 0.229 e. The van der Waals surface area contributed by atoms with Crippen molar-refractivity contribution in [3.8, 4) is 0 Å². The summed E-state index contributed by atoms with van der Waals surface area (Å²) in [5.74, 6) is 1.51. The molecule has 1 aromatic carbocycles. The van der Waals surface area contributed by atoms with Gasteiger partial charge in [0.15, 0.2) is 0 Å². The molecule has 0 bridgehead atoms. The van der Waals surface area contributed by atoms with Crippen molar-refractivity contribution in [2.24, 2.45) is 0 Å². The van der Waals surface area contributed by atoms with Crippen molar-refractivity contribution in [2.45, 2.75) is 32.9 Å². The van der Waals surface area contributed by atoms with Crippen LogP contribution < -0.4 is 10.0 Å². The Labute approximate surface area is 131 Å². The molecule has 2 aromatic rings. The van der Waals surface area contributed by atoms with E-state index in [1.54, 1.807) is 12.3 Å². The third-order valence-electron chi connectivity index (χ3n) is 3.20. The number of hydrogen-bond acceptors (Lipinski definition) is 5. The quantitative estimate of drug-likeness (QED) is 0.817. The van der Waals surface area contributed by atoms with Gasteiger partial charge in [-0.15, -0.1) is 0 Å². The zero-order chi connectivity index (χ0) is 16.2. The number of anilines is 1. The predicted octanol–water partition coefficient (Wildman–Crippen LogP) is 2.46. The predicted molar refractivity (Wildman–Crippen MR) is 86.0 cm³/mol. The van der Waals surface area contributed by atoms with Crippen molar-refractivity contribution in [2.75, 3.05) is 11.0 Å². The van der Waals surface area contributed by atoms with E-state index in [9.17, 15) is 8.42 Å². The van der Waals surface area contributed by atoms with E-state index in [0.717, 1.165) is 24.0 Å². The SMILES string of the molecule is CCc1cnc(CN[C@@H](C)c2cccc(NS(C)(=O)=O)c2)o1. The number of benzene rings is 1. The molecule has 0 aliphatic carbocycles. The molecule has 0 unspecified atom stereocenters. The van der Waals surface area contributed by atoms with Crippen molar-refractivity contribution >= 4 is 15.7 Å². The van der Waals surface area contributed by atoms with E-state index in [0.29, 0.717) is 18.1 Å². The van der Waals surface area contributed by atoms with Gasteiger partial charge in [-0.3, -0.25) is 4.72 Å². The van der Waals surface area contributed by atoms with E-state index >= 15 is 0 Å². The first-order valence-electron chi connectivity index (χ1n) is 7.12. The van der Waals surface area contributed by atoms with Gasteiger partial charge in [0.25, 0.3) is 0 Å². The van der Waals surface area contributed by atoms with Crippen molar-refractivity contribution in [3.63, 3.8) is 0 Å². The Morgan fingerprint density at radius 3 is 2.77 bits per heavy atom. The molecule has 1 aromatic heterocycles. The molecule has 22 heavy (non-hydrogen) atoms. The molecule has 7 heteroatoms. The number of nitrogens with zero attached hydrogens (tertiary/aromatic N) is 1. The maximum atomic E-state index is 11.3. The molecule has 0 spiro atoms. The lowest BCUT2D eigenvalue weighted by Crippen LogP contribution is -2.18. The summed E-state index contributed by atoms with van der Waals surface area (Å²) in [6.07, 6.45) is 3.69. The van der Waals surface area contributed by atoms with Crippen LogP contribution in [0.4, 0.5) is 5.69 Å². The molecule has 0 aliphatic heterocycles. The lowest BCUT2D eigenvalue weighted by molar-refractivity contribution is 0.424. The van der Waals surface area contributed by atoms with Gasteiger partial charge in [0.1, 0.15) is 5.76 Å².